The molecule has 0 aliphatic carbocycles. The lowest BCUT2D eigenvalue weighted by Gasteiger charge is -2.38. The normalized spacial score (nSPS) is 19.9. The van der Waals surface area contributed by atoms with E-state index in [0.717, 1.165) is 23.1 Å². The average Bonchev–Trinajstić information content (AvgIpc) is 3.17. The first-order chi connectivity index (χ1) is 15.4. The van der Waals surface area contributed by atoms with E-state index >= 15 is 0 Å². The number of benzene rings is 2. The summed E-state index contributed by atoms with van der Waals surface area (Å²) in [5, 5.41) is 0.557. The van der Waals surface area contributed by atoms with Crippen LogP contribution < -0.4 is 0 Å². The molecule has 33 heavy (non-hydrogen) atoms. The summed E-state index contributed by atoms with van der Waals surface area (Å²) in [7, 11) is -7.21. The van der Waals surface area contributed by atoms with Crippen molar-refractivity contribution in [3.8, 4) is 0 Å². The highest BCUT2D eigenvalue weighted by atomic mass is 35.5. The highest BCUT2D eigenvalue weighted by Crippen LogP contribution is 2.43. The van der Waals surface area contributed by atoms with Gasteiger partial charge in [-0.05, 0) is 92.8 Å². The molecule has 0 amide bonds. The molecule has 2 heterocycles. The molecule has 9 heteroatoms. The van der Waals surface area contributed by atoms with Crippen molar-refractivity contribution in [3.63, 3.8) is 0 Å². The Balaban J connectivity index is 1.50. The van der Waals surface area contributed by atoms with Gasteiger partial charge < -0.3 is 0 Å². The van der Waals surface area contributed by atoms with Crippen molar-refractivity contribution in [2.75, 3.05) is 26.2 Å². The fraction of sp³-hybridized carbons (Fsp3) is 0.500. The molecular formula is C24H31ClN2O4S2. The van der Waals surface area contributed by atoms with Crippen LogP contribution in [-0.4, -0.2) is 51.6 Å². The summed E-state index contributed by atoms with van der Waals surface area (Å²) in [6.45, 7) is 8.96. The topological polar surface area (TPSA) is 74.8 Å². The third-order valence-electron chi connectivity index (χ3n) is 7.22. The van der Waals surface area contributed by atoms with Crippen molar-refractivity contribution in [1.29, 1.82) is 0 Å². The lowest BCUT2D eigenvalue weighted by atomic mass is 9.78. The van der Waals surface area contributed by atoms with Crippen molar-refractivity contribution in [2.45, 2.75) is 56.7 Å². The summed E-state index contributed by atoms with van der Waals surface area (Å²) in [6.07, 6.45) is 2.05. The van der Waals surface area contributed by atoms with Gasteiger partial charge in [0.2, 0.25) is 20.0 Å². The molecule has 6 nitrogen and oxygen atoms in total. The maximum absolute atomic E-state index is 13.4. The monoisotopic (exact) mass is 510 g/mol. The number of halogens is 1. The van der Waals surface area contributed by atoms with E-state index in [1.165, 1.54) is 0 Å². The lowest BCUT2D eigenvalue weighted by Crippen LogP contribution is -2.44. The molecular weight excluding hydrogens is 480 g/mol. The van der Waals surface area contributed by atoms with Crippen LogP contribution in [0.5, 0.6) is 0 Å². The first-order valence-corrected chi connectivity index (χ1v) is 14.5. The number of aryl methyl sites for hydroxylation is 4. The van der Waals surface area contributed by atoms with E-state index in [9.17, 15) is 16.8 Å². The minimum atomic E-state index is -3.64. The van der Waals surface area contributed by atoms with Crippen molar-refractivity contribution in [1.82, 2.24) is 8.61 Å². The van der Waals surface area contributed by atoms with Gasteiger partial charge in [-0.2, -0.15) is 8.61 Å². The van der Waals surface area contributed by atoms with Crippen LogP contribution in [-0.2, 0) is 20.0 Å². The highest BCUT2D eigenvalue weighted by Gasteiger charge is 2.46. The number of sulfonamides is 2. The van der Waals surface area contributed by atoms with Crippen molar-refractivity contribution < 1.29 is 16.8 Å². The van der Waals surface area contributed by atoms with E-state index in [-0.39, 0.29) is 5.41 Å². The summed E-state index contributed by atoms with van der Waals surface area (Å²) >= 11 is 6.16. The first kappa shape index (κ1) is 24.7. The Kier molecular flexibility index (Phi) is 6.46. The number of nitrogens with zero attached hydrogens (tertiary/aromatic N) is 2. The smallest absolute Gasteiger partial charge is 0.207 e. The summed E-state index contributed by atoms with van der Waals surface area (Å²) in [6, 6.07) is 8.84. The fourth-order valence-electron chi connectivity index (χ4n) is 5.00. The van der Waals surface area contributed by atoms with Crippen LogP contribution in [0.1, 0.15) is 41.5 Å². The van der Waals surface area contributed by atoms with Gasteiger partial charge in [0.1, 0.15) is 0 Å². The Morgan fingerprint density at radius 2 is 1.27 bits per heavy atom. The predicted octanol–water partition coefficient (Wildman–Crippen LogP) is 4.44. The lowest BCUT2D eigenvalue weighted by molar-refractivity contribution is 0.167. The van der Waals surface area contributed by atoms with E-state index in [1.54, 1.807) is 40.7 Å². The van der Waals surface area contributed by atoms with E-state index in [4.69, 9.17) is 11.6 Å². The van der Waals surface area contributed by atoms with Gasteiger partial charge in [0.25, 0.3) is 0 Å². The Bertz CT molecular complexity index is 1300. The molecule has 0 saturated carbocycles. The van der Waals surface area contributed by atoms with Crippen molar-refractivity contribution >= 4 is 31.6 Å². The Hall–Kier alpha value is -1.45. The zero-order chi connectivity index (χ0) is 24.2. The number of hydrogen-bond donors (Lipinski definition) is 0. The van der Waals surface area contributed by atoms with Gasteiger partial charge in [-0.1, -0.05) is 23.7 Å². The maximum atomic E-state index is 13.4. The molecule has 0 aromatic heterocycles. The van der Waals surface area contributed by atoms with E-state index in [0.29, 0.717) is 59.4 Å². The third-order valence-corrected chi connectivity index (χ3v) is 11.7. The van der Waals surface area contributed by atoms with E-state index < -0.39 is 20.0 Å². The van der Waals surface area contributed by atoms with Gasteiger partial charge in [-0.25, -0.2) is 16.8 Å². The van der Waals surface area contributed by atoms with E-state index in [2.05, 4.69) is 0 Å². The number of hydrogen-bond acceptors (Lipinski definition) is 4. The molecule has 2 saturated heterocycles. The third kappa shape index (κ3) is 4.48. The molecule has 1 spiro atoms. The molecule has 4 rings (SSSR count). The van der Waals surface area contributed by atoms with Gasteiger partial charge in [0.15, 0.2) is 0 Å². The number of rotatable bonds is 4. The Morgan fingerprint density at radius 1 is 0.727 bits per heavy atom. The fourth-order valence-corrected chi connectivity index (χ4v) is 8.82. The van der Waals surface area contributed by atoms with Crippen LogP contribution in [0.3, 0.4) is 0 Å². The van der Waals surface area contributed by atoms with Crippen molar-refractivity contribution in [2.24, 2.45) is 5.41 Å². The van der Waals surface area contributed by atoms with Gasteiger partial charge in [0, 0.05) is 31.2 Å². The molecule has 2 fully saturated rings. The molecule has 0 N–H and O–H groups in total. The summed E-state index contributed by atoms with van der Waals surface area (Å²) in [5.74, 6) is 0. The molecule has 0 atom stereocenters. The molecule has 0 radical (unpaired) electrons. The number of piperidine rings is 1. The van der Waals surface area contributed by atoms with Crippen LogP contribution >= 0.6 is 11.6 Å². The zero-order valence-electron chi connectivity index (χ0n) is 19.6. The quantitative estimate of drug-likeness (QED) is 0.609. The summed E-state index contributed by atoms with van der Waals surface area (Å²) in [4.78, 5) is 0.666. The van der Waals surface area contributed by atoms with Gasteiger partial charge in [-0.3, -0.25) is 0 Å². The largest absolute Gasteiger partial charge is 0.243 e. The second-order valence-corrected chi connectivity index (χ2v) is 13.8. The Morgan fingerprint density at radius 3 is 1.91 bits per heavy atom. The predicted molar refractivity (Wildman–Crippen MR) is 131 cm³/mol. The SMILES string of the molecule is Cc1ccc(C)c(S(=O)(=O)N2CCC3(CC2)CCN(S(=O)(=O)c2cc(C)c(Cl)cc2C)C3)c1. The summed E-state index contributed by atoms with van der Waals surface area (Å²) in [5.41, 5.74) is 2.85. The van der Waals surface area contributed by atoms with Crippen molar-refractivity contribution in [3.05, 3.63) is 57.6 Å². The van der Waals surface area contributed by atoms with Crippen LogP contribution in [0.2, 0.25) is 5.02 Å². The molecule has 2 aliphatic heterocycles. The van der Waals surface area contributed by atoms with Crippen LogP contribution in [0, 0.1) is 33.1 Å². The zero-order valence-corrected chi connectivity index (χ0v) is 21.9. The first-order valence-electron chi connectivity index (χ1n) is 11.2. The molecule has 0 unspecified atom stereocenters. The maximum Gasteiger partial charge on any atom is 0.243 e. The molecule has 2 aliphatic rings. The minimum absolute atomic E-state index is 0.184. The second kappa shape index (κ2) is 8.64. The van der Waals surface area contributed by atoms with Gasteiger partial charge >= 0.3 is 0 Å². The standard InChI is InChI=1S/C24H31ClN2O4S2/c1-17-5-6-18(2)22(13-17)32(28,29)26-10-7-24(8-11-26)9-12-27(16-24)33(30,31)23-15-19(3)21(25)14-20(23)4/h5-6,13-15H,7-12,16H2,1-4H3. The summed E-state index contributed by atoms with van der Waals surface area (Å²) < 4.78 is 56.5. The second-order valence-electron chi connectivity index (χ2n) is 9.63. The van der Waals surface area contributed by atoms with Gasteiger partial charge in [-0.15, -0.1) is 0 Å². The molecule has 180 valence electrons. The molecule has 2 aromatic carbocycles. The highest BCUT2D eigenvalue weighted by molar-refractivity contribution is 7.89. The van der Waals surface area contributed by atoms with Crippen LogP contribution in [0.4, 0.5) is 0 Å². The minimum Gasteiger partial charge on any atom is -0.207 e. The van der Waals surface area contributed by atoms with Crippen LogP contribution in [0.25, 0.3) is 0 Å². The average molecular weight is 511 g/mol. The van der Waals surface area contributed by atoms with Crippen LogP contribution in [0.15, 0.2) is 40.1 Å². The molecule has 2 aromatic rings. The van der Waals surface area contributed by atoms with E-state index in [1.807, 2.05) is 26.0 Å². The van der Waals surface area contributed by atoms with Gasteiger partial charge in [0.05, 0.1) is 9.79 Å². The molecule has 0 bridgehead atoms. The Labute approximate surface area is 202 Å².